The van der Waals surface area contributed by atoms with E-state index >= 15 is 0 Å². The molecule has 2 amide bonds. The highest BCUT2D eigenvalue weighted by atomic mass is 19.2. The summed E-state index contributed by atoms with van der Waals surface area (Å²) in [5.41, 5.74) is 0.415. The zero-order valence-corrected chi connectivity index (χ0v) is 13.0. The highest BCUT2D eigenvalue weighted by Gasteiger charge is 2.18. The summed E-state index contributed by atoms with van der Waals surface area (Å²) in [6.07, 6.45) is -0.0551. The van der Waals surface area contributed by atoms with Gasteiger partial charge in [-0.05, 0) is 31.0 Å². The van der Waals surface area contributed by atoms with Crippen LogP contribution in [-0.4, -0.2) is 49.5 Å². The van der Waals surface area contributed by atoms with Crippen molar-refractivity contribution in [1.82, 2.24) is 10.2 Å². The molecule has 0 aliphatic rings. The Morgan fingerprint density at radius 3 is 2.64 bits per heavy atom. The lowest BCUT2D eigenvalue weighted by Crippen LogP contribution is -2.41. The van der Waals surface area contributed by atoms with Gasteiger partial charge in [0.05, 0.1) is 18.8 Å². The molecule has 0 fully saturated rings. The van der Waals surface area contributed by atoms with Crippen LogP contribution in [0.25, 0.3) is 0 Å². The number of nitrogens with zero attached hydrogens (tertiary/aromatic N) is 1. The summed E-state index contributed by atoms with van der Waals surface area (Å²) in [7, 11) is 3.04. The van der Waals surface area contributed by atoms with Gasteiger partial charge in [0.2, 0.25) is 0 Å². The summed E-state index contributed by atoms with van der Waals surface area (Å²) in [6.45, 7) is 2.14. The number of methoxy groups -OCH3 is 1. The van der Waals surface area contributed by atoms with Crippen LogP contribution in [0.1, 0.15) is 24.9 Å². The Morgan fingerprint density at radius 2 is 2.09 bits per heavy atom. The van der Waals surface area contributed by atoms with E-state index in [-0.39, 0.29) is 12.6 Å². The molecule has 0 aliphatic heterocycles. The van der Waals surface area contributed by atoms with Crippen LogP contribution in [0, 0.1) is 11.6 Å². The van der Waals surface area contributed by atoms with Crippen molar-refractivity contribution in [1.29, 1.82) is 0 Å². The molecule has 0 aliphatic carbocycles. The summed E-state index contributed by atoms with van der Waals surface area (Å²) in [4.78, 5) is 13.5. The quantitative estimate of drug-likeness (QED) is 0.809. The number of aliphatic hydroxyl groups excluding tert-OH is 1. The Morgan fingerprint density at radius 1 is 1.41 bits per heavy atom. The van der Waals surface area contributed by atoms with E-state index in [1.54, 1.807) is 14.0 Å². The van der Waals surface area contributed by atoms with Crippen LogP contribution in [0.3, 0.4) is 0 Å². The lowest BCUT2D eigenvalue weighted by atomic mass is 10.1. The zero-order valence-electron chi connectivity index (χ0n) is 13.0. The molecule has 0 saturated carbocycles. The smallest absolute Gasteiger partial charge is 0.317 e. The van der Waals surface area contributed by atoms with Gasteiger partial charge >= 0.3 is 6.03 Å². The highest BCUT2D eigenvalue weighted by Crippen LogP contribution is 2.17. The molecule has 1 aromatic rings. The van der Waals surface area contributed by atoms with Crippen molar-refractivity contribution < 1.29 is 23.4 Å². The predicted molar refractivity (Wildman–Crippen MR) is 78.4 cm³/mol. The summed E-state index contributed by atoms with van der Waals surface area (Å²) in [5, 5.41) is 11.9. The van der Waals surface area contributed by atoms with Gasteiger partial charge in [-0.2, -0.15) is 0 Å². The predicted octanol–water partition coefficient (Wildman–Crippen LogP) is 2.06. The van der Waals surface area contributed by atoms with Crippen molar-refractivity contribution in [3.63, 3.8) is 0 Å². The Kier molecular flexibility index (Phi) is 7.20. The molecule has 22 heavy (non-hydrogen) atoms. The number of carbonyl (C=O) groups excluding carboxylic acids is 1. The maximum atomic E-state index is 13.3. The summed E-state index contributed by atoms with van der Waals surface area (Å²) < 4.78 is 31.3. The number of amides is 2. The number of hydrogen-bond acceptors (Lipinski definition) is 3. The van der Waals surface area contributed by atoms with Gasteiger partial charge in [-0.25, -0.2) is 13.6 Å². The van der Waals surface area contributed by atoms with Crippen LogP contribution in [-0.2, 0) is 4.74 Å². The van der Waals surface area contributed by atoms with E-state index < -0.39 is 23.8 Å². The summed E-state index contributed by atoms with van der Waals surface area (Å²) >= 11 is 0. The van der Waals surface area contributed by atoms with Crippen LogP contribution < -0.4 is 5.32 Å². The van der Waals surface area contributed by atoms with E-state index in [1.165, 1.54) is 18.1 Å². The van der Waals surface area contributed by atoms with Crippen molar-refractivity contribution in [2.45, 2.75) is 25.5 Å². The molecule has 2 atom stereocenters. The van der Waals surface area contributed by atoms with Gasteiger partial charge in [-0.3, -0.25) is 0 Å². The molecule has 2 unspecified atom stereocenters. The second-order valence-electron chi connectivity index (χ2n) is 5.19. The number of hydrogen-bond donors (Lipinski definition) is 2. The van der Waals surface area contributed by atoms with Gasteiger partial charge in [0.15, 0.2) is 11.6 Å². The molecule has 7 heteroatoms. The molecule has 0 heterocycles. The van der Waals surface area contributed by atoms with Crippen molar-refractivity contribution >= 4 is 6.03 Å². The average molecular weight is 316 g/mol. The van der Waals surface area contributed by atoms with Crippen LogP contribution in [0.4, 0.5) is 13.6 Å². The molecule has 1 aromatic carbocycles. The average Bonchev–Trinajstić information content (AvgIpc) is 2.47. The van der Waals surface area contributed by atoms with Gasteiger partial charge in [-0.1, -0.05) is 6.07 Å². The fourth-order valence-electron chi connectivity index (χ4n) is 1.86. The maximum Gasteiger partial charge on any atom is 0.317 e. The molecule has 124 valence electrons. The van der Waals surface area contributed by atoms with Gasteiger partial charge in [-0.15, -0.1) is 0 Å². The first kappa shape index (κ1) is 18.3. The molecule has 0 saturated heterocycles. The molecular formula is C15H22F2N2O3. The van der Waals surface area contributed by atoms with Crippen LogP contribution >= 0.6 is 0 Å². The number of nitrogens with one attached hydrogen (secondary N) is 1. The Bertz CT molecular complexity index is 498. The minimum atomic E-state index is -0.977. The van der Waals surface area contributed by atoms with Crippen molar-refractivity contribution in [2.24, 2.45) is 0 Å². The number of halogens is 2. The minimum absolute atomic E-state index is 0.126. The van der Waals surface area contributed by atoms with Crippen molar-refractivity contribution in [3.05, 3.63) is 35.4 Å². The number of carbonyl (C=O) groups is 1. The van der Waals surface area contributed by atoms with Crippen molar-refractivity contribution in [3.8, 4) is 0 Å². The third kappa shape index (κ3) is 5.57. The number of aliphatic hydroxyl groups is 1. The Balaban J connectivity index is 2.74. The first-order chi connectivity index (χ1) is 10.3. The Hall–Kier alpha value is -1.73. The second kappa shape index (κ2) is 8.65. The van der Waals surface area contributed by atoms with Crippen LogP contribution in [0.2, 0.25) is 0 Å². The monoisotopic (exact) mass is 316 g/mol. The van der Waals surface area contributed by atoms with Crippen LogP contribution in [0.5, 0.6) is 0 Å². The second-order valence-corrected chi connectivity index (χ2v) is 5.19. The fourth-order valence-corrected chi connectivity index (χ4v) is 1.86. The first-order valence-corrected chi connectivity index (χ1v) is 6.98. The molecule has 0 aromatic heterocycles. The molecular weight excluding hydrogens is 294 g/mol. The largest absolute Gasteiger partial charge is 0.393 e. The SMILES string of the molecule is COCC(NC(=O)N(C)CCC(C)O)c1ccc(F)c(F)c1. The van der Waals surface area contributed by atoms with Crippen LogP contribution in [0.15, 0.2) is 18.2 Å². The fraction of sp³-hybridized carbons (Fsp3) is 0.533. The topological polar surface area (TPSA) is 61.8 Å². The first-order valence-electron chi connectivity index (χ1n) is 6.98. The number of benzene rings is 1. The maximum absolute atomic E-state index is 13.3. The summed E-state index contributed by atoms with van der Waals surface area (Å²) in [6, 6.07) is 2.47. The standard InChI is InChI=1S/C15H22F2N2O3/c1-10(20)6-7-19(2)15(21)18-14(9-22-3)11-4-5-12(16)13(17)8-11/h4-5,8,10,14,20H,6-7,9H2,1-3H3,(H,18,21). The third-order valence-corrected chi connectivity index (χ3v) is 3.21. The zero-order chi connectivity index (χ0) is 16.7. The third-order valence-electron chi connectivity index (χ3n) is 3.21. The molecule has 2 N–H and O–H groups in total. The normalized spacial score (nSPS) is 13.5. The lowest BCUT2D eigenvalue weighted by molar-refractivity contribution is 0.148. The number of urea groups is 1. The van der Waals surface area contributed by atoms with Gasteiger partial charge in [0, 0.05) is 20.7 Å². The van der Waals surface area contributed by atoms with E-state index in [1.807, 2.05) is 0 Å². The molecule has 5 nitrogen and oxygen atoms in total. The number of rotatable bonds is 7. The van der Waals surface area contributed by atoms with E-state index in [4.69, 9.17) is 4.74 Å². The minimum Gasteiger partial charge on any atom is -0.393 e. The molecule has 0 spiro atoms. The Labute approximate surface area is 128 Å². The molecule has 0 radical (unpaired) electrons. The van der Waals surface area contributed by atoms with E-state index in [0.29, 0.717) is 18.5 Å². The molecule has 1 rings (SSSR count). The molecule has 0 bridgehead atoms. The van der Waals surface area contributed by atoms with Crippen molar-refractivity contribution in [2.75, 3.05) is 27.3 Å². The van der Waals surface area contributed by atoms with E-state index in [2.05, 4.69) is 5.32 Å². The summed E-state index contributed by atoms with van der Waals surface area (Å²) in [5.74, 6) is -1.92. The van der Waals surface area contributed by atoms with Gasteiger partial charge in [0.1, 0.15) is 0 Å². The van der Waals surface area contributed by atoms with E-state index in [0.717, 1.165) is 12.1 Å². The highest BCUT2D eigenvalue weighted by molar-refractivity contribution is 5.74. The lowest BCUT2D eigenvalue weighted by Gasteiger charge is -2.24. The van der Waals surface area contributed by atoms with Gasteiger partial charge < -0.3 is 20.1 Å². The van der Waals surface area contributed by atoms with Gasteiger partial charge in [0.25, 0.3) is 0 Å². The van der Waals surface area contributed by atoms with E-state index in [9.17, 15) is 18.7 Å². The number of ether oxygens (including phenoxy) is 1.